The molecule has 1 aliphatic rings. The maximum atomic E-state index is 14.1. The molecule has 0 aliphatic heterocycles. The average molecular weight is 329 g/mol. The molecule has 1 aliphatic carbocycles. The van der Waals surface area contributed by atoms with Crippen LogP contribution in [0.25, 0.3) is 11.2 Å². The van der Waals surface area contributed by atoms with Crippen LogP contribution in [0.1, 0.15) is 12.5 Å². The Kier molecular flexibility index (Phi) is 3.69. The van der Waals surface area contributed by atoms with E-state index in [0.29, 0.717) is 11.2 Å². The first-order valence-corrected chi connectivity index (χ1v) is 8.11. The van der Waals surface area contributed by atoms with Gasteiger partial charge in [-0.25, -0.2) is 19.3 Å². The van der Waals surface area contributed by atoms with Crippen LogP contribution >= 0.6 is 7.60 Å². The van der Waals surface area contributed by atoms with Crippen molar-refractivity contribution in [1.29, 1.82) is 0 Å². The fourth-order valence-corrected chi connectivity index (χ4v) is 2.73. The van der Waals surface area contributed by atoms with Crippen molar-refractivity contribution in [2.75, 3.05) is 12.1 Å². The molecular weight excluding hydrogens is 316 g/mol. The zero-order valence-corrected chi connectivity index (χ0v) is 12.1. The lowest BCUT2D eigenvalue weighted by Crippen LogP contribution is -2.13. The van der Waals surface area contributed by atoms with Crippen LogP contribution < -0.4 is 5.73 Å². The van der Waals surface area contributed by atoms with Crippen molar-refractivity contribution in [1.82, 2.24) is 19.5 Å². The first kappa shape index (κ1) is 15.0. The third-order valence-corrected chi connectivity index (χ3v) is 3.78. The highest BCUT2D eigenvalue weighted by Crippen LogP contribution is 2.39. The SMILES string of the molecule is Nc1ncnc2c1ncn2[C@@H]1C[C@H](OCP(=O)(O)O)C=C1F. The third kappa shape index (κ3) is 2.86. The zero-order valence-electron chi connectivity index (χ0n) is 11.2. The second-order valence-electron chi connectivity index (χ2n) is 4.88. The van der Waals surface area contributed by atoms with Crippen LogP contribution in [0.5, 0.6) is 0 Å². The molecule has 22 heavy (non-hydrogen) atoms. The molecule has 0 amide bonds. The topological polar surface area (TPSA) is 136 Å². The number of allylic oxidation sites excluding steroid dienone is 1. The number of hydrogen-bond acceptors (Lipinski definition) is 6. The van der Waals surface area contributed by atoms with Gasteiger partial charge in [0.1, 0.15) is 24.0 Å². The summed E-state index contributed by atoms with van der Waals surface area (Å²) in [5.41, 5.74) is 6.44. The van der Waals surface area contributed by atoms with E-state index in [2.05, 4.69) is 15.0 Å². The summed E-state index contributed by atoms with van der Waals surface area (Å²) >= 11 is 0. The highest BCUT2D eigenvalue weighted by molar-refractivity contribution is 7.51. The monoisotopic (exact) mass is 329 g/mol. The summed E-state index contributed by atoms with van der Waals surface area (Å²) in [6, 6.07) is -0.707. The van der Waals surface area contributed by atoms with E-state index in [1.54, 1.807) is 0 Å². The number of nitrogens with zero attached hydrogens (tertiary/aromatic N) is 4. The molecule has 3 rings (SSSR count). The number of ether oxygens (including phenoxy) is 1. The van der Waals surface area contributed by atoms with Gasteiger partial charge in [0, 0.05) is 6.42 Å². The van der Waals surface area contributed by atoms with E-state index in [9.17, 15) is 8.96 Å². The number of imidazole rings is 1. The van der Waals surface area contributed by atoms with Crippen molar-refractivity contribution in [3.8, 4) is 0 Å². The molecule has 2 heterocycles. The lowest BCUT2D eigenvalue weighted by atomic mass is 10.2. The molecule has 0 bridgehead atoms. The van der Waals surface area contributed by atoms with Crippen molar-refractivity contribution < 1.29 is 23.5 Å². The second kappa shape index (κ2) is 5.40. The van der Waals surface area contributed by atoms with Crippen molar-refractivity contribution >= 4 is 24.6 Å². The van der Waals surface area contributed by atoms with Gasteiger partial charge >= 0.3 is 7.60 Å². The smallest absolute Gasteiger partial charge is 0.351 e. The largest absolute Gasteiger partial charge is 0.382 e. The Morgan fingerprint density at radius 2 is 2.23 bits per heavy atom. The summed E-state index contributed by atoms with van der Waals surface area (Å²) in [6.07, 6.45) is 2.55. The molecule has 0 aromatic carbocycles. The number of aromatic nitrogens is 4. The van der Waals surface area contributed by atoms with Gasteiger partial charge in [0.2, 0.25) is 0 Å². The first-order chi connectivity index (χ1) is 10.3. The number of rotatable bonds is 4. The van der Waals surface area contributed by atoms with E-state index in [1.807, 2.05) is 0 Å². The fourth-order valence-electron chi connectivity index (χ4n) is 2.34. The minimum Gasteiger partial charge on any atom is -0.382 e. The average Bonchev–Trinajstić information content (AvgIpc) is 3.00. The van der Waals surface area contributed by atoms with Crippen LogP contribution in [0.3, 0.4) is 0 Å². The van der Waals surface area contributed by atoms with E-state index in [1.165, 1.54) is 23.3 Å². The van der Waals surface area contributed by atoms with Crippen molar-refractivity contribution in [3.63, 3.8) is 0 Å². The molecule has 0 unspecified atom stereocenters. The van der Waals surface area contributed by atoms with Crippen LogP contribution in [0.4, 0.5) is 10.2 Å². The maximum absolute atomic E-state index is 14.1. The molecule has 9 nitrogen and oxygen atoms in total. The number of nitrogens with two attached hydrogens (primary N) is 1. The standard InChI is InChI=1S/C11H13FN5O4P/c12-7-1-6(21-5-22(18,19)20)2-8(7)17-4-16-9-10(13)14-3-15-11(9)17/h1,3-4,6,8H,2,5H2,(H2,13,14,15)(H2,18,19,20)/t6-,8-/m1/s1. The Labute approximate surface area is 123 Å². The van der Waals surface area contributed by atoms with Crippen LogP contribution in [-0.4, -0.2) is 41.8 Å². The van der Waals surface area contributed by atoms with E-state index >= 15 is 0 Å². The lowest BCUT2D eigenvalue weighted by molar-refractivity contribution is 0.102. The Morgan fingerprint density at radius 3 is 2.95 bits per heavy atom. The second-order valence-corrected chi connectivity index (χ2v) is 6.47. The van der Waals surface area contributed by atoms with Gasteiger partial charge < -0.3 is 24.8 Å². The fraction of sp³-hybridized carbons (Fsp3) is 0.364. The van der Waals surface area contributed by atoms with Gasteiger partial charge in [-0.15, -0.1) is 0 Å². The third-order valence-electron chi connectivity index (χ3n) is 3.30. The van der Waals surface area contributed by atoms with Gasteiger partial charge in [-0.1, -0.05) is 0 Å². The molecule has 2 atom stereocenters. The Bertz CT molecular complexity index is 788. The van der Waals surface area contributed by atoms with Crippen LogP contribution in [-0.2, 0) is 9.30 Å². The minimum atomic E-state index is -4.29. The molecule has 4 N–H and O–H groups in total. The molecule has 0 fully saturated rings. The Morgan fingerprint density at radius 1 is 1.45 bits per heavy atom. The number of nitrogen functional groups attached to an aromatic ring is 1. The van der Waals surface area contributed by atoms with Crippen molar-refractivity contribution in [3.05, 3.63) is 24.6 Å². The summed E-state index contributed by atoms with van der Waals surface area (Å²) < 4.78 is 31.4. The summed E-state index contributed by atoms with van der Waals surface area (Å²) in [5, 5.41) is 0. The Balaban J connectivity index is 1.82. The normalized spacial score (nSPS) is 22.2. The number of hydrogen-bond donors (Lipinski definition) is 3. The molecule has 11 heteroatoms. The van der Waals surface area contributed by atoms with E-state index in [-0.39, 0.29) is 12.2 Å². The number of fused-ring (bicyclic) bond motifs is 1. The molecule has 0 saturated carbocycles. The van der Waals surface area contributed by atoms with Gasteiger partial charge in [0.05, 0.1) is 18.5 Å². The van der Waals surface area contributed by atoms with Gasteiger partial charge in [-0.05, 0) is 6.08 Å². The summed E-state index contributed by atoms with van der Waals surface area (Å²) in [5.74, 6) is -0.285. The predicted octanol–water partition coefficient (Wildman–Crippen LogP) is 0.727. The zero-order chi connectivity index (χ0) is 15.9. The van der Waals surface area contributed by atoms with E-state index in [0.717, 1.165) is 0 Å². The lowest BCUT2D eigenvalue weighted by Gasteiger charge is -2.15. The van der Waals surface area contributed by atoms with Crippen molar-refractivity contribution in [2.45, 2.75) is 18.6 Å². The van der Waals surface area contributed by atoms with Crippen LogP contribution in [0.15, 0.2) is 24.6 Å². The van der Waals surface area contributed by atoms with E-state index in [4.69, 9.17) is 20.3 Å². The molecule has 118 valence electrons. The van der Waals surface area contributed by atoms with Crippen LogP contribution in [0, 0.1) is 0 Å². The predicted molar refractivity (Wildman–Crippen MR) is 74.4 cm³/mol. The first-order valence-electron chi connectivity index (χ1n) is 6.31. The molecule has 2 aromatic rings. The summed E-state index contributed by atoms with van der Waals surface area (Å²) in [7, 11) is -4.29. The Hall–Kier alpha value is -1.87. The van der Waals surface area contributed by atoms with Crippen molar-refractivity contribution in [2.24, 2.45) is 0 Å². The highest BCUT2D eigenvalue weighted by atomic mass is 31.2. The maximum Gasteiger partial charge on any atom is 0.351 e. The van der Waals surface area contributed by atoms with Gasteiger partial charge in [-0.3, -0.25) is 4.57 Å². The molecule has 0 spiro atoms. The van der Waals surface area contributed by atoms with Gasteiger partial charge in [-0.2, -0.15) is 0 Å². The quantitative estimate of drug-likeness (QED) is 0.698. The molecule has 2 aromatic heterocycles. The number of anilines is 1. The van der Waals surface area contributed by atoms with Crippen LogP contribution in [0.2, 0.25) is 0 Å². The number of halogens is 1. The van der Waals surface area contributed by atoms with Gasteiger partial charge in [0.15, 0.2) is 11.5 Å². The van der Waals surface area contributed by atoms with E-state index < -0.39 is 31.9 Å². The van der Waals surface area contributed by atoms with Gasteiger partial charge in [0.25, 0.3) is 0 Å². The summed E-state index contributed by atoms with van der Waals surface area (Å²) in [4.78, 5) is 29.5. The summed E-state index contributed by atoms with van der Waals surface area (Å²) in [6.45, 7) is 0. The minimum absolute atomic E-state index is 0.182. The molecule has 0 saturated heterocycles. The molecular formula is C11H13FN5O4P. The molecule has 0 radical (unpaired) electrons. The highest BCUT2D eigenvalue weighted by Gasteiger charge is 2.31.